The second kappa shape index (κ2) is 7.68. The van der Waals surface area contributed by atoms with Crippen molar-refractivity contribution < 1.29 is 19.8 Å². The highest BCUT2D eigenvalue weighted by Crippen LogP contribution is 2.17. The summed E-state index contributed by atoms with van der Waals surface area (Å²) in [7, 11) is 0. The fourth-order valence-electron chi connectivity index (χ4n) is 2.59. The van der Waals surface area contributed by atoms with Crippen molar-refractivity contribution in [3.63, 3.8) is 0 Å². The third kappa shape index (κ3) is 4.65. The molecule has 1 fully saturated rings. The summed E-state index contributed by atoms with van der Waals surface area (Å²) in [5.74, 6) is -0.839. The van der Waals surface area contributed by atoms with Gasteiger partial charge in [-0.2, -0.15) is 0 Å². The van der Waals surface area contributed by atoms with Gasteiger partial charge >= 0.3 is 12.0 Å². The Morgan fingerprint density at radius 1 is 1.18 bits per heavy atom. The SMILES string of the molecule is O=C(O)C1CCN(C(=O)NCCCc2ccc(O)cc2)CC1. The molecule has 1 aromatic carbocycles. The van der Waals surface area contributed by atoms with Crippen LogP contribution in [0.1, 0.15) is 24.8 Å². The highest BCUT2D eigenvalue weighted by molar-refractivity contribution is 5.75. The van der Waals surface area contributed by atoms with Crippen LogP contribution in [0.15, 0.2) is 24.3 Å². The summed E-state index contributed by atoms with van der Waals surface area (Å²) < 4.78 is 0. The van der Waals surface area contributed by atoms with E-state index in [0.29, 0.717) is 32.5 Å². The third-order valence-corrected chi connectivity index (χ3v) is 3.99. The van der Waals surface area contributed by atoms with Crippen molar-refractivity contribution in [3.8, 4) is 5.75 Å². The molecule has 120 valence electrons. The molecule has 6 nitrogen and oxygen atoms in total. The zero-order valence-electron chi connectivity index (χ0n) is 12.5. The lowest BCUT2D eigenvalue weighted by atomic mass is 9.97. The number of nitrogens with one attached hydrogen (secondary N) is 1. The van der Waals surface area contributed by atoms with Crippen LogP contribution >= 0.6 is 0 Å². The summed E-state index contributed by atoms with van der Waals surface area (Å²) in [6, 6.07) is 6.93. The Balaban J connectivity index is 1.64. The number of carbonyl (C=O) groups is 2. The Bertz CT molecular complexity index is 507. The minimum atomic E-state index is -0.769. The molecule has 0 aromatic heterocycles. The number of aromatic hydroxyl groups is 1. The lowest BCUT2D eigenvalue weighted by Gasteiger charge is -2.30. The highest BCUT2D eigenvalue weighted by Gasteiger charge is 2.26. The topological polar surface area (TPSA) is 89.9 Å². The van der Waals surface area contributed by atoms with Crippen LogP contribution in [0.3, 0.4) is 0 Å². The lowest BCUT2D eigenvalue weighted by molar-refractivity contribution is -0.143. The van der Waals surface area contributed by atoms with E-state index in [1.165, 1.54) is 0 Å². The quantitative estimate of drug-likeness (QED) is 0.724. The minimum Gasteiger partial charge on any atom is -0.508 e. The fourth-order valence-corrected chi connectivity index (χ4v) is 2.59. The van der Waals surface area contributed by atoms with Gasteiger partial charge in [-0.3, -0.25) is 4.79 Å². The number of benzene rings is 1. The van der Waals surface area contributed by atoms with Crippen molar-refractivity contribution in [1.82, 2.24) is 10.2 Å². The average molecular weight is 306 g/mol. The van der Waals surface area contributed by atoms with Crippen molar-refractivity contribution in [3.05, 3.63) is 29.8 Å². The van der Waals surface area contributed by atoms with Crippen molar-refractivity contribution in [2.24, 2.45) is 5.92 Å². The Morgan fingerprint density at radius 2 is 1.82 bits per heavy atom. The Hall–Kier alpha value is -2.24. The standard InChI is InChI=1S/C16H22N2O4/c19-14-5-3-12(4-6-14)2-1-9-17-16(22)18-10-7-13(8-11-18)15(20)21/h3-6,13,19H,1-2,7-11H2,(H,17,22)(H,20,21). The van der Waals surface area contributed by atoms with Gasteiger partial charge in [-0.15, -0.1) is 0 Å². The Morgan fingerprint density at radius 3 is 2.41 bits per heavy atom. The van der Waals surface area contributed by atoms with E-state index in [-0.39, 0.29) is 17.7 Å². The van der Waals surface area contributed by atoms with Gasteiger partial charge in [-0.05, 0) is 43.4 Å². The Kier molecular flexibility index (Phi) is 5.63. The van der Waals surface area contributed by atoms with Gasteiger partial charge in [0.15, 0.2) is 0 Å². The van der Waals surface area contributed by atoms with Crippen LogP contribution < -0.4 is 5.32 Å². The summed E-state index contributed by atoms with van der Waals surface area (Å²) in [5.41, 5.74) is 1.12. The molecule has 22 heavy (non-hydrogen) atoms. The average Bonchev–Trinajstić information content (AvgIpc) is 2.53. The largest absolute Gasteiger partial charge is 0.508 e. The van der Waals surface area contributed by atoms with Crippen LogP contribution in [0.5, 0.6) is 5.75 Å². The number of aryl methyl sites for hydroxylation is 1. The van der Waals surface area contributed by atoms with Gasteiger partial charge in [0.2, 0.25) is 0 Å². The Labute approximate surface area is 129 Å². The summed E-state index contributed by atoms with van der Waals surface area (Å²) in [6.07, 6.45) is 2.70. The van der Waals surface area contributed by atoms with Crippen LogP contribution in [0.2, 0.25) is 0 Å². The van der Waals surface area contributed by atoms with Crippen LogP contribution in [0.4, 0.5) is 4.79 Å². The first-order chi connectivity index (χ1) is 10.6. The maximum absolute atomic E-state index is 12.0. The molecule has 1 aliphatic heterocycles. The number of nitrogens with zero attached hydrogens (tertiary/aromatic N) is 1. The van der Waals surface area contributed by atoms with Gasteiger partial charge in [-0.25, -0.2) is 4.79 Å². The van der Waals surface area contributed by atoms with E-state index in [9.17, 15) is 14.7 Å². The number of carbonyl (C=O) groups excluding carboxylic acids is 1. The first-order valence-corrected chi connectivity index (χ1v) is 7.60. The van der Waals surface area contributed by atoms with Gasteiger partial charge in [-0.1, -0.05) is 12.1 Å². The maximum Gasteiger partial charge on any atom is 0.317 e. The number of aliphatic carboxylic acids is 1. The van der Waals surface area contributed by atoms with Crippen molar-refractivity contribution in [2.45, 2.75) is 25.7 Å². The molecule has 0 saturated carbocycles. The van der Waals surface area contributed by atoms with Crippen molar-refractivity contribution in [1.29, 1.82) is 0 Å². The molecule has 0 aliphatic carbocycles. The maximum atomic E-state index is 12.0. The van der Waals surface area contributed by atoms with E-state index in [4.69, 9.17) is 5.11 Å². The molecule has 2 rings (SSSR count). The molecule has 3 N–H and O–H groups in total. The number of amides is 2. The number of urea groups is 1. The van der Waals surface area contributed by atoms with Crippen LogP contribution in [0.25, 0.3) is 0 Å². The van der Waals surface area contributed by atoms with Crippen molar-refractivity contribution in [2.75, 3.05) is 19.6 Å². The smallest absolute Gasteiger partial charge is 0.317 e. The molecular weight excluding hydrogens is 284 g/mol. The summed E-state index contributed by atoms with van der Waals surface area (Å²) in [6.45, 7) is 1.58. The number of hydrogen-bond donors (Lipinski definition) is 3. The first kappa shape index (κ1) is 16.1. The number of phenolic OH excluding ortho intramolecular Hbond substituents is 1. The lowest BCUT2D eigenvalue weighted by Crippen LogP contribution is -2.45. The summed E-state index contributed by atoms with van der Waals surface area (Å²) in [4.78, 5) is 24.5. The molecule has 1 heterocycles. The van der Waals surface area contributed by atoms with Gasteiger partial charge in [0.25, 0.3) is 0 Å². The highest BCUT2D eigenvalue weighted by atomic mass is 16.4. The number of piperidine rings is 1. The van der Waals surface area contributed by atoms with E-state index in [1.54, 1.807) is 17.0 Å². The second-order valence-electron chi connectivity index (χ2n) is 5.60. The molecule has 0 atom stereocenters. The van der Waals surface area contributed by atoms with Gasteiger partial charge in [0.1, 0.15) is 5.75 Å². The number of rotatable bonds is 5. The molecule has 2 amide bonds. The van der Waals surface area contributed by atoms with E-state index in [0.717, 1.165) is 18.4 Å². The van der Waals surface area contributed by atoms with Crippen LogP contribution in [0, 0.1) is 5.92 Å². The fraction of sp³-hybridized carbons (Fsp3) is 0.500. The van der Waals surface area contributed by atoms with Crippen LogP contribution in [-0.4, -0.2) is 46.7 Å². The number of carboxylic acid groups (broad SMARTS) is 1. The predicted molar refractivity (Wildman–Crippen MR) is 81.8 cm³/mol. The summed E-state index contributed by atoms with van der Waals surface area (Å²) in [5, 5.41) is 21.0. The van der Waals surface area contributed by atoms with E-state index in [1.807, 2.05) is 12.1 Å². The van der Waals surface area contributed by atoms with E-state index >= 15 is 0 Å². The summed E-state index contributed by atoms with van der Waals surface area (Å²) >= 11 is 0. The van der Waals surface area contributed by atoms with Gasteiger partial charge in [0.05, 0.1) is 5.92 Å². The van der Waals surface area contributed by atoms with Crippen LogP contribution in [-0.2, 0) is 11.2 Å². The number of hydrogen-bond acceptors (Lipinski definition) is 3. The van der Waals surface area contributed by atoms with Gasteiger partial charge in [0, 0.05) is 19.6 Å². The monoisotopic (exact) mass is 306 g/mol. The molecule has 1 aromatic rings. The molecule has 0 spiro atoms. The number of likely N-dealkylation sites (tertiary alicyclic amines) is 1. The molecule has 0 bridgehead atoms. The minimum absolute atomic E-state index is 0.116. The molecule has 1 aliphatic rings. The van der Waals surface area contributed by atoms with E-state index in [2.05, 4.69) is 5.32 Å². The third-order valence-electron chi connectivity index (χ3n) is 3.99. The molecule has 0 unspecified atom stereocenters. The second-order valence-corrected chi connectivity index (χ2v) is 5.60. The predicted octanol–water partition coefficient (Wildman–Crippen LogP) is 1.83. The molecule has 0 radical (unpaired) electrons. The first-order valence-electron chi connectivity index (χ1n) is 7.60. The number of phenols is 1. The zero-order chi connectivity index (χ0) is 15.9. The number of carboxylic acids is 1. The normalized spacial score (nSPS) is 15.5. The molecular formula is C16H22N2O4. The molecule has 6 heteroatoms. The zero-order valence-corrected chi connectivity index (χ0v) is 12.5. The molecule has 1 saturated heterocycles. The van der Waals surface area contributed by atoms with Crippen molar-refractivity contribution >= 4 is 12.0 Å². The van der Waals surface area contributed by atoms with Gasteiger partial charge < -0.3 is 20.4 Å². The van der Waals surface area contributed by atoms with E-state index < -0.39 is 5.97 Å².